The number of alkyl halides is 3. The zero-order chi connectivity index (χ0) is 18.8. The molecule has 0 fully saturated rings. The normalized spacial score (nSPS) is 12.3. The van der Waals surface area contributed by atoms with Gasteiger partial charge in [-0.25, -0.2) is 19.3 Å². The third-order valence-corrected chi connectivity index (χ3v) is 3.84. The molecule has 5 nitrogen and oxygen atoms in total. The highest BCUT2D eigenvalue weighted by Gasteiger charge is 2.50. The van der Waals surface area contributed by atoms with Crippen LogP contribution in [0.25, 0.3) is 11.3 Å². The highest BCUT2D eigenvalue weighted by Crippen LogP contribution is 2.35. The monoisotopic (exact) mass is 376 g/mol. The van der Waals surface area contributed by atoms with E-state index in [0.29, 0.717) is 16.5 Å². The number of thioether (sulfide) groups is 1. The maximum atomic E-state index is 14.2. The van der Waals surface area contributed by atoms with Crippen LogP contribution in [-0.2, 0) is 6.54 Å². The largest absolute Gasteiger partial charge is 0.460 e. The van der Waals surface area contributed by atoms with Crippen molar-refractivity contribution < 1.29 is 22.3 Å². The first-order chi connectivity index (χ1) is 11.6. The maximum Gasteiger partial charge on any atom is 0.427 e. The Morgan fingerprint density at radius 3 is 2.40 bits per heavy atom. The van der Waals surface area contributed by atoms with Crippen molar-refractivity contribution in [1.29, 1.82) is 0 Å². The Labute approximate surface area is 146 Å². The van der Waals surface area contributed by atoms with Crippen LogP contribution in [0.1, 0.15) is 19.5 Å². The molecule has 2 aromatic heterocycles. The minimum Gasteiger partial charge on any atom is -0.460 e. The molecule has 0 saturated heterocycles. The standard InChI is InChI=1S/C15H16F4N4OS/c1-14(2,15(17,18)19)24-12-10(16)4-8(7-21-12)11-5-9(6-20)22-13(23-11)25-3/h4-5,7H,6,20H2,1-3H3. The Morgan fingerprint density at radius 2 is 1.88 bits per heavy atom. The second-order valence-electron chi connectivity index (χ2n) is 5.56. The highest BCUT2D eigenvalue weighted by molar-refractivity contribution is 7.98. The second-order valence-corrected chi connectivity index (χ2v) is 6.33. The third-order valence-electron chi connectivity index (χ3n) is 3.29. The molecule has 2 N–H and O–H groups in total. The van der Waals surface area contributed by atoms with Crippen molar-refractivity contribution in [3.8, 4) is 17.1 Å². The van der Waals surface area contributed by atoms with Gasteiger partial charge in [-0.15, -0.1) is 0 Å². The lowest BCUT2D eigenvalue weighted by Gasteiger charge is -2.28. The van der Waals surface area contributed by atoms with Crippen LogP contribution in [0.2, 0.25) is 0 Å². The molecule has 2 aromatic rings. The van der Waals surface area contributed by atoms with E-state index >= 15 is 0 Å². The summed E-state index contributed by atoms with van der Waals surface area (Å²) in [5, 5.41) is 0.442. The van der Waals surface area contributed by atoms with Crippen LogP contribution in [-0.4, -0.2) is 33.0 Å². The summed E-state index contributed by atoms with van der Waals surface area (Å²) >= 11 is 1.28. The minimum absolute atomic E-state index is 0.167. The zero-order valence-electron chi connectivity index (χ0n) is 13.7. The molecule has 0 aliphatic rings. The quantitative estimate of drug-likeness (QED) is 0.489. The molecular formula is C15H16F4N4OS. The average Bonchev–Trinajstić information content (AvgIpc) is 2.54. The van der Waals surface area contributed by atoms with Gasteiger partial charge in [0.25, 0.3) is 5.88 Å². The Morgan fingerprint density at radius 1 is 1.20 bits per heavy atom. The summed E-state index contributed by atoms with van der Waals surface area (Å²) < 4.78 is 57.5. The molecule has 0 aliphatic carbocycles. The van der Waals surface area contributed by atoms with Crippen molar-refractivity contribution in [2.75, 3.05) is 6.26 Å². The molecule has 0 aliphatic heterocycles. The summed E-state index contributed by atoms with van der Waals surface area (Å²) in [6, 6.07) is 2.58. The lowest BCUT2D eigenvalue weighted by molar-refractivity contribution is -0.235. The van der Waals surface area contributed by atoms with Gasteiger partial charge in [-0.1, -0.05) is 11.8 Å². The van der Waals surface area contributed by atoms with Gasteiger partial charge < -0.3 is 10.5 Å². The summed E-state index contributed by atoms with van der Waals surface area (Å²) in [7, 11) is 0. The van der Waals surface area contributed by atoms with Gasteiger partial charge in [-0.3, -0.25) is 0 Å². The number of nitrogens with zero attached hydrogens (tertiary/aromatic N) is 3. The lowest BCUT2D eigenvalue weighted by Crippen LogP contribution is -2.45. The number of rotatable bonds is 5. The van der Waals surface area contributed by atoms with Crippen molar-refractivity contribution in [3.63, 3.8) is 0 Å². The summed E-state index contributed by atoms with van der Waals surface area (Å²) in [5.41, 5.74) is 4.19. The summed E-state index contributed by atoms with van der Waals surface area (Å²) in [4.78, 5) is 12.1. The Bertz CT molecular complexity index is 745. The molecule has 2 rings (SSSR count). The maximum absolute atomic E-state index is 14.2. The molecule has 0 atom stereocenters. The second kappa shape index (κ2) is 7.12. The first kappa shape index (κ1) is 19.4. The van der Waals surface area contributed by atoms with E-state index in [2.05, 4.69) is 15.0 Å². The first-order valence-electron chi connectivity index (χ1n) is 7.11. The zero-order valence-corrected chi connectivity index (χ0v) is 14.5. The Kier molecular flexibility index (Phi) is 5.52. The van der Waals surface area contributed by atoms with Crippen molar-refractivity contribution in [2.24, 2.45) is 5.73 Å². The van der Waals surface area contributed by atoms with Crippen LogP contribution >= 0.6 is 11.8 Å². The minimum atomic E-state index is -4.67. The molecule has 0 unspecified atom stereocenters. The molecule has 25 heavy (non-hydrogen) atoms. The fraction of sp³-hybridized carbons (Fsp3) is 0.400. The summed E-state index contributed by atoms with van der Waals surface area (Å²) in [5.74, 6) is -1.75. The number of hydrogen-bond acceptors (Lipinski definition) is 6. The van der Waals surface area contributed by atoms with Crippen LogP contribution in [0.15, 0.2) is 23.5 Å². The Hall–Kier alpha value is -1.94. The number of halogens is 4. The van der Waals surface area contributed by atoms with E-state index in [-0.39, 0.29) is 12.1 Å². The van der Waals surface area contributed by atoms with Gasteiger partial charge >= 0.3 is 6.18 Å². The van der Waals surface area contributed by atoms with E-state index in [0.717, 1.165) is 19.9 Å². The molecule has 136 valence electrons. The summed E-state index contributed by atoms with van der Waals surface area (Å²) in [6.07, 6.45) is -1.71. The average molecular weight is 376 g/mol. The lowest BCUT2D eigenvalue weighted by atomic mass is 10.1. The molecular weight excluding hydrogens is 360 g/mol. The van der Waals surface area contributed by atoms with E-state index in [1.54, 1.807) is 12.3 Å². The predicted molar refractivity (Wildman–Crippen MR) is 85.7 cm³/mol. The van der Waals surface area contributed by atoms with Gasteiger partial charge in [0.2, 0.25) is 0 Å². The van der Waals surface area contributed by atoms with Gasteiger partial charge in [0.05, 0.1) is 11.4 Å². The van der Waals surface area contributed by atoms with Crippen LogP contribution in [0.3, 0.4) is 0 Å². The molecule has 0 spiro atoms. The van der Waals surface area contributed by atoms with Crippen molar-refractivity contribution >= 4 is 11.8 Å². The molecule has 10 heteroatoms. The molecule has 0 saturated carbocycles. The van der Waals surface area contributed by atoms with Gasteiger partial charge in [-0.05, 0) is 32.2 Å². The van der Waals surface area contributed by atoms with E-state index in [1.807, 2.05) is 0 Å². The summed E-state index contributed by atoms with van der Waals surface area (Å²) in [6.45, 7) is 1.76. The SMILES string of the molecule is CSc1nc(CN)cc(-c2cnc(OC(C)(C)C(F)(F)F)c(F)c2)n1. The Balaban J connectivity index is 2.37. The van der Waals surface area contributed by atoms with Crippen molar-refractivity contribution in [2.45, 2.75) is 37.3 Å². The molecule has 0 radical (unpaired) electrons. The van der Waals surface area contributed by atoms with E-state index in [4.69, 9.17) is 10.5 Å². The third kappa shape index (κ3) is 4.37. The fourth-order valence-electron chi connectivity index (χ4n) is 1.76. The van der Waals surface area contributed by atoms with E-state index in [1.165, 1.54) is 18.0 Å². The van der Waals surface area contributed by atoms with E-state index < -0.39 is 23.5 Å². The van der Waals surface area contributed by atoms with Gasteiger partial charge in [0.15, 0.2) is 16.6 Å². The van der Waals surface area contributed by atoms with Crippen LogP contribution in [0.5, 0.6) is 5.88 Å². The first-order valence-corrected chi connectivity index (χ1v) is 8.33. The van der Waals surface area contributed by atoms with Gasteiger partial charge in [-0.2, -0.15) is 13.2 Å². The molecule has 0 amide bonds. The fourth-order valence-corrected chi connectivity index (χ4v) is 2.16. The van der Waals surface area contributed by atoms with Gasteiger partial charge in [0.1, 0.15) is 0 Å². The topological polar surface area (TPSA) is 73.9 Å². The van der Waals surface area contributed by atoms with Crippen molar-refractivity contribution in [1.82, 2.24) is 15.0 Å². The molecule has 0 bridgehead atoms. The number of aromatic nitrogens is 3. The van der Waals surface area contributed by atoms with Crippen molar-refractivity contribution in [3.05, 3.63) is 29.8 Å². The number of nitrogens with two attached hydrogens (primary N) is 1. The number of ether oxygens (including phenoxy) is 1. The highest BCUT2D eigenvalue weighted by atomic mass is 32.2. The molecule has 0 aromatic carbocycles. The smallest absolute Gasteiger partial charge is 0.427 e. The number of hydrogen-bond donors (Lipinski definition) is 1. The van der Waals surface area contributed by atoms with Gasteiger partial charge in [0, 0.05) is 18.3 Å². The molecule has 2 heterocycles. The van der Waals surface area contributed by atoms with Crippen LogP contribution in [0, 0.1) is 5.82 Å². The number of pyridine rings is 1. The predicted octanol–water partition coefficient (Wildman–Crippen LogP) is 3.58. The van der Waals surface area contributed by atoms with Crippen LogP contribution in [0.4, 0.5) is 17.6 Å². The van der Waals surface area contributed by atoms with Crippen LogP contribution < -0.4 is 10.5 Å². The van der Waals surface area contributed by atoms with E-state index in [9.17, 15) is 17.6 Å².